The first kappa shape index (κ1) is 19.8. The summed E-state index contributed by atoms with van der Waals surface area (Å²) in [5.41, 5.74) is 3.62. The van der Waals surface area contributed by atoms with Gasteiger partial charge >= 0.3 is 0 Å². The fourth-order valence-electron chi connectivity index (χ4n) is 6.12. The minimum absolute atomic E-state index is 0.801. The normalized spacial score (nSPS) is 40.3. The summed E-state index contributed by atoms with van der Waals surface area (Å²) >= 11 is 2.62. The fraction of sp³-hybridized carbons (Fsp3) is 0.909. The Morgan fingerprint density at radius 3 is 2.35 bits per heavy atom. The van der Waals surface area contributed by atoms with Gasteiger partial charge in [-0.25, -0.2) is 0 Å². The van der Waals surface area contributed by atoms with Gasteiger partial charge in [-0.2, -0.15) is 0 Å². The maximum Gasteiger partial charge on any atom is 0.00268 e. The zero-order valence-corrected chi connectivity index (χ0v) is 18.5. The maximum atomic E-state index is 2.62. The molecule has 0 saturated heterocycles. The Hall–Kier alpha value is 0.470. The minimum atomic E-state index is 0.801. The van der Waals surface area contributed by atoms with Crippen LogP contribution in [0.2, 0.25) is 0 Å². The maximum absolute atomic E-state index is 2.62. The van der Waals surface area contributed by atoms with Gasteiger partial charge in [0.1, 0.15) is 0 Å². The van der Waals surface area contributed by atoms with Crippen LogP contribution in [0.15, 0.2) is 11.1 Å². The Morgan fingerprint density at radius 2 is 1.78 bits per heavy atom. The topological polar surface area (TPSA) is 0 Å². The van der Waals surface area contributed by atoms with Crippen molar-refractivity contribution in [3.05, 3.63) is 11.1 Å². The number of rotatable bonds is 5. The summed E-state index contributed by atoms with van der Waals surface area (Å²) < 4.78 is 1.30. The number of halogens is 1. The highest BCUT2D eigenvalue weighted by atomic mass is 127. The van der Waals surface area contributed by atoms with Gasteiger partial charge in [-0.05, 0) is 61.2 Å². The van der Waals surface area contributed by atoms with Crippen LogP contribution in [0.5, 0.6) is 0 Å². The predicted molar refractivity (Wildman–Crippen MR) is 112 cm³/mol. The van der Waals surface area contributed by atoms with E-state index in [1.807, 2.05) is 5.57 Å². The lowest BCUT2D eigenvalue weighted by Gasteiger charge is -2.50. The van der Waals surface area contributed by atoms with Gasteiger partial charge in [-0.3, -0.25) is 0 Å². The average molecular weight is 430 g/mol. The molecule has 0 radical (unpaired) electrons. The van der Waals surface area contributed by atoms with Crippen molar-refractivity contribution >= 4 is 22.6 Å². The zero-order valence-electron chi connectivity index (χ0n) is 16.4. The Balaban J connectivity index is 2.38. The number of alkyl halides is 1. The molecule has 0 aliphatic heterocycles. The van der Waals surface area contributed by atoms with Crippen LogP contribution in [0.3, 0.4) is 0 Å². The van der Waals surface area contributed by atoms with E-state index in [4.69, 9.17) is 0 Å². The summed E-state index contributed by atoms with van der Waals surface area (Å²) in [5, 5.41) is 0. The zero-order chi connectivity index (χ0) is 17.1. The summed E-state index contributed by atoms with van der Waals surface area (Å²) in [4.78, 5) is 0. The summed E-state index contributed by atoms with van der Waals surface area (Å²) in [7, 11) is 0. The van der Waals surface area contributed by atoms with Gasteiger partial charge in [0.05, 0.1) is 0 Å². The van der Waals surface area contributed by atoms with Crippen LogP contribution in [0.25, 0.3) is 0 Å². The first-order valence-corrected chi connectivity index (χ1v) is 11.7. The van der Waals surface area contributed by atoms with E-state index in [-0.39, 0.29) is 0 Å². The molecule has 2 aliphatic rings. The van der Waals surface area contributed by atoms with Crippen molar-refractivity contribution in [3.63, 3.8) is 0 Å². The van der Waals surface area contributed by atoms with Crippen LogP contribution in [0, 0.1) is 41.4 Å². The molecule has 0 N–H and O–H groups in total. The highest BCUT2D eigenvalue weighted by molar-refractivity contribution is 14.1. The molecule has 0 aromatic heterocycles. The van der Waals surface area contributed by atoms with Gasteiger partial charge in [0, 0.05) is 4.43 Å². The lowest BCUT2D eigenvalue weighted by Crippen LogP contribution is -2.43. The SMILES string of the molecule is CCCC1=C(C)C(C)C(C2CCCCC2C)C(C)C1C(C)CI. The third-order valence-corrected chi connectivity index (χ3v) is 8.78. The smallest absolute Gasteiger partial charge is 0.00268 e. The molecule has 1 saturated carbocycles. The average Bonchev–Trinajstić information content (AvgIpc) is 2.54. The predicted octanol–water partition coefficient (Wildman–Crippen LogP) is 7.52. The van der Waals surface area contributed by atoms with Crippen LogP contribution in [-0.4, -0.2) is 4.43 Å². The van der Waals surface area contributed by atoms with Crippen LogP contribution in [0.1, 0.15) is 80.1 Å². The summed E-state index contributed by atoms with van der Waals surface area (Å²) in [6.07, 6.45) is 8.54. The lowest BCUT2D eigenvalue weighted by atomic mass is 9.55. The van der Waals surface area contributed by atoms with Gasteiger partial charge in [0.25, 0.3) is 0 Å². The molecule has 1 fully saturated rings. The van der Waals surface area contributed by atoms with Crippen LogP contribution < -0.4 is 0 Å². The Kier molecular flexibility index (Phi) is 7.50. The highest BCUT2D eigenvalue weighted by Gasteiger charge is 2.44. The van der Waals surface area contributed by atoms with Gasteiger partial charge in [-0.1, -0.05) is 94.0 Å². The molecule has 7 atom stereocenters. The molecule has 134 valence electrons. The number of hydrogen-bond donors (Lipinski definition) is 0. The summed E-state index contributed by atoms with van der Waals surface area (Å²) in [6, 6.07) is 0. The van der Waals surface area contributed by atoms with E-state index < -0.39 is 0 Å². The first-order valence-electron chi connectivity index (χ1n) is 10.2. The fourth-order valence-corrected chi connectivity index (χ4v) is 6.67. The molecule has 0 aromatic carbocycles. The third kappa shape index (κ3) is 4.01. The quantitative estimate of drug-likeness (QED) is 0.240. The molecular formula is C22H39I. The molecular weight excluding hydrogens is 391 g/mol. The molecule has 1 heteroatoms. The third-order valence-electron chi connectivity index (χ3n) is 7.39. The standard InChI is InChI=1S/C22H39I/c1-7-10-20-16(4)17(5)22(18(6)21(20)15(3)13-23)19-12-9-8-11-14(19)2/h14-15,17-19,21-22H,7-13H2,1-6H3. The van der Waals surface area contributed by atoms with Gasteiger partial charge in [-0.15, -0.1) is 0 Å². The molecule has 0 aromatic rings. The van der Waals surface area contributed by atoms with Crippen molar-refractivity contribution < 1.29 is 0 Å². The second kappa shape index (κ2) is 8.72. The molecule has 7 unspecified atom stereocenters. The summed E-state index contributed by atoms with van der Waals surface area (Å²) in [5.74, 6) is 6.16. The van der Waals surface area contributed by atoms with E-state index in [1.165, 1.54) is 43.0 Å². The van der Waals surface area contributed by atoms with Crippen LogP contribution >= 0.6 is 22.6 Å². The van der Waals surface area contributed by atoms with Crippen molar-refractivity contribution in [2.45, 2.75) is 80.1 Å². The van der Waals surface area contributed by atoms with E-state index >= 15 is 0 Å². The Morgan fingerprint density at radius 1 is 1.13 bits per heavy atom. The minimum Gasteiger partial charge on any atom is -0.0861 e. The molecule has 0 bridgehead atoms. The van der Waals surface area contributed by atoms with Gasteiger partial charge in [0.2, 0.25) is 0 Å². The molecule has 2 aliphatic carbocycles. The first-order chi connectivity index (χ1) is 10.9. The van der Waals surface area contributed by atoms with Gasteiger partial charge < -0.3 is 0 Å². The van der Waals surface area contributed by atoms with Crippen LogP contribution in [0.4, 0.5) is 0 Å². The van der Waals surface area contributed by atoms with Crippen molar-refractivity contribution in [2.75, 3.05) is 4.43 Å². The Labute approximate surface area is 159 Å². The van der Waals surface area contributed by atoms with E-state index in [1.54, 1.807) is 5.57 Å². The Bertz CT molecular complexity index is 410. The molecule has 23 heavy (non-hydrogen) atoms. The monoisotopic (exact) mass is 430 g/mol. The molecule has 0 amide bonds. The van der Waals surface area contributed by atoms with E-state index in [0.29, 0.717) is 0 Å². The summed E-state index contributed by atoms with van der Waals surface area (Å²) in [6.45, 7) is 15.1. The van der Waals surface area contributed by atoms with Crippen molar-refractivity contribution in [1.82, 2.24) is 0 Å². The molecule has 2 rings (SSSR count). The van der Waals surface area contributed by atoms with E-state index in [0.717, 1.165) is 41.4 Å². The van der Waals surface area contributed by atoms with E-state index in [9.17, 15) is 0 Å². The van der Waals surface area contributed by atoms with Crippen molar-refractivity contribution in [3.8, 4) is 0 Å². The van der Waals surface area contributed by atoms with Crippen molar-refractivity contribution in [2.24, 2.45) is 41.4 Å². The molecule has 0 heterocycles. The van der Waals surface area contributed by atoms with Gasteiger partial charge in [0.15, 0.2) is 0 Å². The highest BCUT2D eigenvalue weighted by Crippen LogP contribution is 2.53. The van der Waals surface area contributed by atoms with Crippen molar-refractivity contribution in [1.29, 1.82) is 0 Å². The van der Waals surface area contributed by atoms with Crippen LogP contribution in [-0.2, 0) is 0 Å². The number of hydrogen-bond acceptors (Lipinski definition) is 0. The second-order valence-corrected chi connectivity index (χ2v) is 9.65. The molecule has 0 nitrogen and oxygen atoms in total. The number of allylic oxidation sites excluding steroid dienone is 2. The lowest BCUT2D eigenvalue weighted by molar-refractivity contribution is 0.0540. The largest absolute Gasteiger partial charge is 0.0861 e. The molecule has 0 spiro atoms. The second-order valence-electron chi connectivity index (χ2n) is 8.77. The van der Waals surface area contributed by atoms with E-state index in [2.05, 4.69) is 64.1 Å².